The van der Waals surface area contributed by atoms with Crippen molar-refractivity contribution >= 4 is 17.6 Å². The van der Waals surface area contributed by atoms with E-state index in [1.165, 1.54) is 0 Å². The van der Waals surface area contributed by atoms with Crippen LogP contribution >= 0.6 is 11.8 Å². The van der Waals surface area contributed by atoms with Crippen molar-refractivity contribution in [1.82, 2.24) is 4.98 Å². The molecule has 15 heavy (non-hydrogen) atoms. The van der Waals surface area contributed by atoms with E-state index in [0.717, 1.165) is 18.1 Å². The predicted molar refractivity (Wildman–Crippen MR) is 65.2 cm³/mol. The predicted octanol–water partition coefficient (Wildman–Crippen LogP) is 2.43. The summed E-state index contributed by atoms with van der Waals surface area (Å²) in [5.41, 5.74) is 1.52. The van der Waals surface area contributed by atoms with E-state index in [0.29, 0.717) is 10.8 Å². The van der Waals surface area contributed by atoms with Crippen LogP contribution in [-0.2, 0) is 0 Å². The van der Waals surface area contributed by atoms with E-state index in [1.54, 1.807) is 23.9 Å². The van der Waals surface area contributed by atoms with Gasteiger partial charge in [-0.1, -0.05) is 6.92 Å². The van der Waals surface area contributed by atoms with E-state index in [4.69, 9.17) is 5.26 Å². The summed E-state index contributed by atoms with van der Waals surface area (Å²) in [5.74, 6) is 0.785. The average molecular weight is 221 g/mol. The van der Waals surface area contributed by atoms with Gasteiger partial charge in [-0.3, -0.25) is 0 Å². The van der Waals surface area contributed by atoms with Gasteiger partial charge in [-0.05, 0) is 25.3 Å². The summed E-state index contributed by atoms with van der Waals surface area (Å²) >= 11 is 1.80. The Kier molecular flexibility index (Phi) is 4.44. The monoisotopic (exact) mass is 221 g/mol. The number of pyridine rings is 1. The molecule has 1 rings (SSSR count). The van der Waals surface area contributed by atoms with Gasteiger partial charge < -0.3 is 5.32 Å². The zero-order chi connectivity index (χ0) is 11.3. The Morgan fingerprint density at radius 3 is 2.93 bits per heavy atom. The molecule has 0 spiro atoms. The van der Waals surface area contributed by atoms with Crippen LogP contribution in [0.1, 0.15) is 18.2 Å². The number of aryl methyl sites for hydroxylation is 1. The molecular formula is C11H15N3S. The molecule has 0 bridgehead atoms. The number of aromatic nitrogens is 1. The van der Waals surface area contributed by atoms with Crippen LogP contribution in [0.25, 0.3) is 0 Å². The first kappa shape index (κ1) is 11.9. The highest BCUT2D eigenvalue weighted by Crippen LogP contribution is 2.11. The number of rotatable bonds is 4. The zero-order valence-electron chi connectivity index (χ0n) is 9.24. The molecule has 80 valence electrons. The van der Waals surface area contributed by atoms with Crippen molar-refractivity contribution in [2.45, 2.75) is 19.1 Å². The molecular weight excluding hydrogens is 206 g/mol. The topological polar surface area (TPSA) is 48.7 Å². The maximum Gasteiger partial charge on any atom is 0.127 e. The minimum Gasteiger partial charge on any atom is -0.369 e. The molecule has 0 aliphatic carbocycles. The number of hydrogen-bond acceptors (Lipinski definition) is 4. The third-order valence-corrected chi connectivity index (χ3v) is 3.03. The van der Waals surface area contributed by atoms with Crippen LogP contribution in [0.4, 0.5) is 5.82 Å². The molecule has 0 aliphatic heterocycles. The molecule has 1 heterocycles. The van der Waals surface area contributed by atoms with Crippen molar-refractivity contribution in [1.29, 1.82) is 5.26 Å². The summed E-state index contributed by atoms with van der Waals surface area (Å²) in [6.07, 6.45) is 2.08. The van der Waals surface area contributed by atoms with Crippen molar-refractivity contribution in [2.75, 3.05) is 18.1 Å². The van der Waals surface area contributed by atoms with Crippen molar-refractivity contribution in [3.63, 3.8) is 0 Å². The smallest absolute Gasteiger partial charge is 0.127 e. The second-order valence-corrected chi connectivity index (χ2v) is 4.70. The molecule has 0 fully saturated rings. The van der Waals surface area contributed by atoms with E-state index < -0.39 is 0 Å². The van der Waals surface area contributed by atoms with Crippen LogP contribution in [-0.4, -0.2) is 23.0 Å². The molecule has 0 aliphatic rings. The molecule has 4 heteroatoms. The molecule has 0 saturated heterocycles. The van der Waals surface area contributed by atoms with Crippen LogP contribution in [0.5, 0.6) is 0 Å². The number of anilines is 1. The fourth-order valence-electron chi connectivity index (χ4n) is 1.16. The van der Waals surface area contributed by atoms with E-state index in [-0.39, 0.29) is 0 Å². The van der Waals surface area contributed by atoms with Gasteiger partial charge in [-0.25, -0.2) is 4.98 Å². The van der Waals surface area contributed by atoms with Gasteiger partial charge in [0.2, 0.25) is 0 Å². The third kappa shape index (κ3) is 3.80. The molecule has 3 nitrogen and oxygen atoms in total. The van der Waals surface area contributed by atoms with E-state index in [1.807, 2.05) is 6.92 Å². The minimum atomic E-state index is 0.540. The van der Waals surface area contributed by atoms with Gasteiger partial charge in [0.1, 0.15) is 5.82 Å². The Bertz CT molecular complexity index is 371. The van der Waals surface area contributed by atoms with E-state index >= 15 is 0 Å². The number of hydrogen-bond donors (Lipinski definition) is 1. The van der Waals surface area contributed by atoms with Crippen molar-refractivity contribution in [2.24, 2.45) is 0 Å². The number of nitrogens with one attached hydrogen (secondary N) is 1. The van der Waals surface area contributed by atoms with Gasteiger partial charge in [-0.15, -0.1) is 0 Å². The standard InChI is InChI=1S/C11H15N3S/c1-8-4-10(6-12)5-11(14-8)13-7-9(2)15-3/h4-5,9H,7H2,1-3H3,(H,13,14). The highest BCUT2D eigenvalue weighted by molar-refractivity contribution is 7.99. The lowest BCUT2D eigenvalue weighted by Gasteiger charge is -2.10. The third-order valence-electron chi connectivity index (χ3n) is 2.06. The summed E-state index contributed by atoms with van der Waals surface area (Å²) in [6, 6.07) is 5.68. The molecule has 1 unspecified atom stereocenters. The van der Waals surface area contributed by atoms with Crippen LogP contribution in [0, 0.1) is 18.3 Å². The summed E-state index contributed by atoms with van der Waals surface area (Å²) in [4.78, 5) is 4.32. The van der Waals surface area contributed by atoms with Gasteiger partial charge in [-0.2, -0.15) is 17.0 Å². The van der Waals surface area contributed by atoms with Gasteiger partial charge in [0.15, 0.2) is 0 Å². The molecule has 1 aromatic rings. The normalized spacial score (nSPS) is 11.9. The molecule has 0 saturated carbocycles. The highest BCUT2D eigenvalue weighted by atomic mass is 32.2. The zero-order valence-corrected chi connectivity index (χ0v) is 10.1. The summed E-state index contributed by atoms with van der Waals surface area (Å²) in [7, 11) is 0. The number of nitrogens with zero attached hydrogens (tertiary/aromatic N) is 2. The first-order valence-corrected chi connectivity index (χ1v) is 6.10. The Balaban J connectivity index is 2.69. The van der Waals surface area contributed by atoms with Crippen LogP contribution < -0.4 is 5.32 Å². The van der Waals surface area contributed by atoms with Crippen molar-refractivity contribution < 1.29 is 0 Å². The van der Waals surface area contributed by atoms with Gasteiger partial charge in [0.25, 0.3) is 0 Å². The number of nitriles is 1. The number of thioether (sulfide) groups is 1. The van der Waals surface area contributed by atoms with Crippen molar-refractivity contribution in [3.05, 3.63) is 23.4 Å². The van der Waals surface area contributed by atoms with Gasteiger partial charge in [0.05, 0.1) is 11.6 Å². The lowest BCUT2D eigenvalue weighted by atomic mass is 10.2. The summed E-state index contributed by atoms with van der Waals surface area (Å²) in [6.45, 7) is 4.91. The quantitative estimate of drug-likeness (QED) is 0.848. The molecule has 1 N–H and O–H groups in total. The maximum absolute atomic E-state index is 8.80. The van der Waals surface area contributed by atoms with Gasteiger partial charge in [0, 0.05) is 17.5 Å². The van der Waals surface area contributed by atoms with Gasteiger partial charge >= 0.3 is 0 Å². The molecule has 0 aromatic carbocycles. The molecule has 1 aromatic heterocycles. The minimum absolute atomic E-state index is 0.540. The molecule has 0 radical (unpaired) electrons. The lowest BCUT2D eigenvalue weighted by molar-refractivity contribution is 0.986. The Labute approximate surface area is 94.9 Å². The lowest BCUT2D eigenvalue weighted by Crippen LogP contribution is -2.13. The van der Waals surface area contributed by atoms with E-state index in [9.17, 15) is 0 Å². The van der Waals surface area contributed by atoms with E-state index in [2.05, 4.69) is 29.5 Å². The fraction of sp³-hybridized carbons (Fsp3) is 0.455. The van der Waals surface area contributed by atoms with Crippen LogP contribution in [0.3, 0.4) is 0 Å². The molecule has 1 atom stereocenters. The summed E-state index contributed by atoms with van der Waals surface area (Å²) < 4.78 is 0. The second-order valence-electron chi connectivity index (χ2n) is 3.42. The Morgan fingerprint density at radius 2 is 2.33 bits per heavy atom. The second kappa shape index (κ2) is 5.62. The summed E-state index contributed by atoms with van der Waals surface area (Å²) in [5, 5.41) is 12.6. The Morgan fingerprint density at radius 1 is 1.60 bits per heavy atom. The largest absolute Gasteiger partial charge is 0.369 e. The molecule has 0 amide bonds. The van der Waals surface area contributed by atoms with Crippen LogP contribution in [0.15, 0.2) is 12.1 Å². The highest BCUT2D eigenvalue weighted by Gasteiger charge is 2.02. The fourth-order valence-corrected chi connectivity index (χ4v) is 1.41. The first-order chi connectivity index (χ1) is 7.15. The maximum atomic E-state index is 8.80. The Hall–Kier alpha value is -1.21. The first-order valence-electron chi connectivity index (χ1n) is 4.81. The van der Waals surface area contributed by atoms with Crippen LogP contribution in [0.2, 0.25) is 0 Å². The van der Waals surface area contributed by atoms with Crippen molar-refractivity contribution in [3.8, 4) is 6.07 Å². The SMILES string of the molecule is CSC(C)CNc1cc(C#N)cc(C)n1. The average Bonchev–Trinajstić information content (AvgIpc) is 2.25.